The van der Waals surface area contributed by atoms with Crippen molar-refractivity contribution < 1.29 is 28.2 Å². The molecule has 4 aromatic carbocycles. The van der Waals surface area contributed by atoms with Crippen LogP contribution >= 0.6 is 0 Å². The van der Waals surface area contributed by atoms with Gasteiger partial charge >= 0.3 is 0 Å². The lowest BCUT2D eigenvalue weighted by Gasteiger charge is -2.29. The monoisotopic (exact) mass is 587 g/mol. The Hall–Kier alpha value is -4.15. The van der Waals surface area contributed by atoms with Crippen LogP contribution in [0.5, 0.6) is 11.5 Å². The van der Waals surface area contributed by atoms with Gasteiger partial charge in [-0.15, -0.1) is 0 Å². The first-order valence-electron chi connectivity index (χ1n) is 14.3. The third kappa shape index (κ3) is 7.82. The highest BCUT2D eigenvalue weighted by Crippen LogP contribution is 2.31. The Labute approximate surface area is 249 Å². The smallest absolute Gasteiger partial charge is 0.242 e. The van der Waals surface area contributed by atoms with E-state index in [9.17, 15) is 18.7 Å². The van der Waals surface area contributed by atoms with Crippen molar-refractivity contribution in [2.75, 3.05) is 25.1 Å². The van der Waals surface area contributed by atoms with Gasteiger partial charge < -0.3 is 30.9 Å². The minimum atomic E-state index is -1.08. The molecule has 4 atom stereocenters. The van der Waals surface area contributed by atoms with Crippen LogP contribution in [-0.2, 0) is 16.0 Å². The zero-order chi connectivity index (χ0) is 30.2. The van der Waals surface area contributed by atoms with Crippen molar-refractivity contribution in [2.24, 2.45) is 5.73 Å². The lowest BCUT2D eigenvalue weighted by Crippen LogP contribution is -2.48. The first-order valence-corrected chi connectivity index (χ1v) is 14.3. The van der Waals surface area contributed by atoms with E-state index in [0.717, 1.165) is 5.56 Å². The minimum absolute atomic E-state index is 0.0129. The van der Waals surface area contributed by atoms with Crippen molar-refractivity contribution in [1.82, 2.24) is 5.32 Å². The molecule has 7 nitrogen and oxygen atoms in total. The van der Waals surface area contributed by atoms with Crippen LogP contribution < -0.4 is 21.1 Å². The highest BCUT2D eigenvalue weighted by Gasteiger charge is 2.29. The van der Waals surface area contributed by atoms with Crippen molar-refractivity contribution in [1.29, 1.82) is 0 Å². The Balaban J connectivity index is 1.33. The Morgan fingerprint density at radius 1 is 0.953 bits per heavy atom. The van der Waals surface area contributed by atoms with Crippen LogP contribution in [-0.4, -0.2) is 49.0 Å². The number of carbonyl (C=O) groups excluding carboxylic acids is 1. The number of benzene rings is 4. The number of hydrogen-bond donors (Lipinski definition) is 4. The quantitative estimate of drug-likeness (QED) is 0.194. The molecular weight excluding hydrogens is 552 g/mol. The number of rotatable bonds is 11. The summed E-state index contributed by atoms with van der Waals surface area (Å²) in [6.45, 7) is 0.906. The number of nitrogens with two attached hydrogens (primary N) is 1. The molecule has 5 rings (SSSR count). The van der Waals surface area contributed by atoms with Gasteiger partial charge in [0.05, 0.1) is 31.4 Å². The van der Waals surface area contributed by atoms with Gasteiger partial charge in [0.15, 0.2) is 0 Å². The van der Waals surface area contributed by atoms with E-state index < -0.39 is 29.5 Å². The van der Waals surface area contributed by atoms with Crippen LogP contribution in [0.4, 0.5) is 14.5 Å². The molecule has 1 heterocycles. The third-order valence-electron chi connectivity index (χ3n) is 7.59. The summed E-state index contributed by atoms with van der Waals surface area (Å²) in [4.78, 5) is 13.6. The van der Waals surface area contributed by atoms with Gasteiger partial charge in [0.1, 0.15) is 23.1 Å². The van der Waals surface area contributed by atoms with Gasteiger partial charge in [-0.25, -0.2) is 8.78 Å². The van der Waals surface area contributed by atoms with Crippen LogP contribution in [0, 0.1) is 11.6 Å². The number of nitrogens with one attached hydrogen (secondary N) is 2. The molecule has 224 valence electrons. The second kappa shape index (κ2) is 14.3. The number of aliphatic hydroxyl groups excluding tert-OH is 1. The Morgan fingerprint density at radius 3 is 2.28 bits per heavy atom. The van der Waals surface area contributed by atoms with Gasteiger partial charge in [0.2, 0.25) is 5.91 Å². The summed E-state index contributed by atoms with van der Waals surface area (Å²) >= 11 is 0. The Bertz CT molecular complexity index is 1480. The molecule has 1 amide bonds. The fourth-order valence-electron chi connectivity index (χ4n) is 5.22. The summed E-state index contributed by atoms with van der Waals surface area (Å²) in [6, 6.07) is 25.8. The molecule has 1 fully saturated rings. The number of carbonyl (C=O) groups is 1. The van der Waals surface area contributed by atoms with Crippen LogP contribution in [0.3, 0.4) is 0 Å². The summed E-state index contributed by atoms with van der Waals surface area (Å²) < 4.78 is 40.5. The standard InChI is InChI=1S/C34H35F2N3O4/c35-24-13-9-22(10-14-24)32(23-11-15-27(16-12-23)43-26-5-2-1-3-6-26)33(37)34(41)39-31-8-4-7-30(36)29(31)18-17-28-19-38-25(20-40)21-42-28/h1-16,25,28,32-33,38,40H,17-21,37H2,(H,39,41). The van der Waals surface area contributed by atoms with E-state index >= 15 is 0 Å². The summed E-state index contributed by atoms with van der Waals surface area (Å²) in [6.07, 6.45) is 0.707. The van der Waals surface area contributed by atoms with Crippen LogP contribution in [0.2, 0.25) is 0 Å². The summed E-state index contributed by atoms with van der Waals surface area (Å²) in [5.41, 5.74) is 8.68. The number of aliphatic hydroxyl groups is 1. The highest BCUT2D eigenvalue weighted by atomic mass is 19.1. The molecule has 0 spiro atoms. The molecule has 0 aromatic heterocycles. The Kier molecular flexibility index (Phi) is 10.1. The predicted octanol–water partition coefficient (Wildman–Crippen LogP) is 5.14. The van der Waals surface area contributed by atoms with E-state index in [1.807, 2.05) is 42.5 Å². The number of halogens is 2. The molecule has 1 saturated heterocycles. The van der Waals surface area contributed by atoms with Gasteiger partial charge in [-0.2, -0.15) is 0 Å². The van der Waals surface area contributed by atoms with Gasteiger partial charge in [-0.3, -0.25) is 4.79 Å². The first-order chi connectivity index (χ1) is 20.9. The maximum atomic E-state index is 15.0. The largest absolute Gasteiger partial charge is 0.457 e. The number of anilines is 1. The number of hydrogen-bond acceptors (Lipinski definition) is 6. The lowest BCUT2D eigenvalue weighted by molar-refractivity contribution is -0.117. The SMILES string of the molecule is NC(C(=O)Nc1cccc(F)c1CCC1CNC(CO)CO1)C(c1ccc(F)cc1)c1ccc(Oc2ccccc2)cc1. The molecule has 4 unspecified atom stereocenters. The molecule has 0 bridgehead atoms. The van der Waals surface area contributed by atoms with Gasteiger partial charge in [0, 0.05) is 23.7 Å². The number of para-hydroxylation sites is 1. The van der Waals surface area contributed by atoms with E-state index in [1.54, 1.807) is 30.3 Å². The van der Waals surface area contributed by atoms with Crippen LogP contribution in [0.25, 0.3) is 0 Å². The second-order valence-corrected chi connectivity index (χ2v) is 10.6. The van der Waals surface area contributed by atoms with E-state index in [-0.39, 0.29) is 18.8 Å². The van der Waals surface area contributed by atoms with Gasteiger partial charge in [-0.1, -0.05) is 48.5 Å². The fraction of sp³-hybridized carbons (Fsp3) is 0.265. The van der Waals surface area contributed by atoms with Gasteiger partial charge in [-0.05, 0) is 72.5 Å². The first kappa shape index (κ1) is 30.3. The molecule has 5 N–H and O–H groups in total. The lowest BCUT2D eigenvalue weighted by atomic mass is 9.85. The minimum Gasteiger partial charge on any atom is -0.457 e. The maximum Gasteiger partial charge on any atom is 0.242 e. The summed E-state index contributed by atoms with van der Waals surface area (Å²) in [5.74, 6) is -0.669. The van der Waals surface area contributed by atoms with Gasteiger partial charge in [0.25, 0.3) is 0 Å². The number of ether oxygens (including phenoxy) is 2. The molecule has 43 heavy (non-hydrogen) atoms. The van der Waals surface area contributed by atoms with Crippen LogP contribution in [0.1, 0.15) is 29.0 Å². The Morgan fingerprint density at radius 2 is 1.63 bits per heavy atom. The van der Waals surface area contributed by atoms with E-state index in [4.69, 9.17) is 15.2 Å². The molecule has 9 heteroatoms. The van der Waals surface area contributed by atoms with Crippen molar-refractivity contribution in [3.05, 3.63) is 125 Å². The predicted molar refractivity (Wildman–Crippen MR) is 161 cm³/mol. The summed E-state index contributed by atoms with van der Waals surface area (Å²) in [5, 5.41) is 15.3. The molecule has 0 saturated carbocycles. The second-order valence-electron chi connectivity index (χ2n) is 10.6. The third-order valence-corrected chi connectivity index (χ3v) is 7.59. The molecule has 0 aliphatic carbocycles. The van der Waals surface area contributed by atoms with E-state index in [0.29, 0.717) is 54.3 Å². The molecule has 1 aliphatic rings. The highest BCUT2D eigenvalue weighted by molar-refractivity contribution is 5.96. The average Bonchev–Trinajstić information content (AvgIpc) is 3.03. The van der Waals surface area contributed by atoms with Crippen molar-refractivity contribution >= 4 is 11.6 Å². The number of morpholine rings is 1. The number of amides is 1. The fourth-order valence-corrected chi connectivity index (χ4v) is 5.22. The molecule has 0 radical (unpaired) electrons. The zero-order valence-electron chi connectivity index (χ0n) is 23.6. The van der Waals surface area contributed by atoms with E-state index in [2.05, 4.69) is 10.6 Å². The molecule has 4 aromatic rings. The maximum absolute atomic E-state index is 15.0. The van der Waals surface area contributed by atoms with E-state index in [1.165, 1.54) is 24.3 Å². The summed E-state index contributed by atoms with van der Waals surface area (Å²) in [7, 11) is 0. The van der Waals surface area contributed by atoms with Crippen LogP contribution in [0.15, 0.2) is 97.1 Å². The normalized spacial score (nSPS) is 18.0. The zero-order valence-corrected chi connectivity index (χ0v) is 23.6. The molecular formula is C34H35F2N3O4. The molecule has 1 aliphatic heterocycles. The topological polar surface area (TPSA) is 106 Å². The van der Waals surface area contributed by atoms with Crippen molar-refractivity contribution in [3.63, 3.8) is 0 Å². The van der Waals surface area contributed by atoms with Crippen molar-refractivity contribution in [3.8, 4) is 11.5 Å². The van der Waals surface area contributed by atoms with Crippen molar-refractivity contribution in [2.45, 2.75) is 36.9 Å². The average molecular weight is 588 g/mol.